The third-order valence-electron chi connectivity index (χ3n) is 3.74. The van der Waals surface area contributed by atoms with Crippen LogP contribution in [0.1, 0.15) is 42.0 Å². The lowest BCUT2D eigenvalue weighted by atomic mass is 10.1. The van der Waals surface area contributed by atoms with Gasteiger partial charge in [-0.15, -0.1) is 0 Å². The van der Waals surface area contributed by atoms with E-state index in [1.807, 2.05) is 19.1 Å². The highest BCUT2D eigenvalue weighted by molar-refractivity contribution is 5.87. The van der Waals surface area contributed by atoms with Gasteiger partial charge < -0.3 is 9.84 Å². The molecular weight excluding hydrogens is 300 g/mol. The molecule has 0 fully saturated rings. The van der Waals surface area contributed by atoms with Gasteiger partial charge in [0.25, 0.3) is 0 Å². The fourth-order valence-corrected chi connectivity index (χ4v) is 2.40. The Morgan fingerprint density at radius 3 is 2.50 bits per heavy atom. The van der Waals surface area contributed by atoms with E-state index >= 15 is 0 Å². The maximum atomic E-state index is 10.6. The van der Waals surface area contributed by atoms with Gasteiger partial charge in [-0.1, -0.05) is 55.7 Å². The summed E-state index contributed by atoms with van der Waals surface area (Å²) in [5, 5.41) is 8.72. The molecule has 0 aliphatic rings. The van der Waals surface area contributed by atoms with E-state index in [9.17, 15) is 4.79 Å². The number of aliphatic carboxylic acids is 1. The van der Waals surface area contributed by atoms with Gasteiger partial charge in [-0.2, -0.15) is 0 Å². The Balaban J connectivity index is 2.09. The predicted molar refractivity (Wildman–Crippen MR) is 95.1 cm³/mol. The molecule has 0 amide bonds. The maximum Gasteiger partial charge on any atom is 0.382 e. The summed E-state index contributed by atoms with van der Waals surface area (Å²) < 4.78 is 5.91. The van der Waals surface area contributed by atoms with Crippen molar-refractivity contribution in [1.82, 2.24) is 0 Å². The zero-order valence-corrected chi connectivity index (χ0v) is 14.1. The standard InChI is InChI=1S/C21H22O3/c1-3-4-7-17-9-11-18(12-10-17)15-24-21-16(2)6-5-8-19(21)13-14-20(22)23/h5-6,8-12H,3-4,7,15H2,1-2H3,(H,22,23). The molecule has 0 unspecified atom stereocenters. The van der Waals surface area contributed by atoms with Crippen molar-refractivity contribution in [3.63, 3.8) is 0 Å². The second-order valence-corrected chi connectivity index (χ2v) is 5.72. The molecule has 2 rings (SSSR count). The van der Waals surface area contributed by atoms with Crippen LogP contribution < -0.4 is 4.74 Å². The van der Waals surface area contributed by atoms with E-state index in [0.29, 0.717) is 17.9 Å². The first-order valence-electron chi connectivity index (χ1n) is 8.15. The summed E-state index contributed by atoms with van der Waals surface area (Å²) in [4.78, 5) is 10.6. The van der Waals surface area contributed by atoms with Crippen LogP contribution in [0, 0.1) is 18.8 Å². The number of carboxylic acids is 1. The molecule has 0 radical (unpaired) electrons. The highest BCUT2D eigenvalue weighted by atomic mass is 16.5. The fraction of sp³-hybridized carbons (Fsp3) is 0.286. The summed E-state index contributed by atoms with van der Waals surface area (Å²) in [7, 11) is 0. The van der Waals surface area contributed by atoms with Gasteiger partial charge in [-0.25, -0.2) is 4.79 Å². The topological polar surface area (TPSA) is 46.5 Å². The number of aryl methyl sites for hydroxylation is 2. The van der Waals surface area contributed by atoms with Gasteiger partial charge in [0.05, 0.1) is 5.56 Å². The van der Waals surface area contributed by atoms with E-state index in [1.165, 1.54) is 18.4 Å². The molecule has 0 aromatic heterocycles. The van der Waals surface area contributed by atoms with E-state index < -0.39 is 5.97 Å². The van der Waals surface area contributed by atoms with E-state index in [-0.39, 0.29) is 0 Å². The molecule has 3 nitrogen and oxygen atoms in total. The number of para-hydroxylation sites is 1. The fourth-order valence-electron chi connectivity index (χ4n) is 2.40. The van der Waals surface area contributed by atoms with Crippen molar-refractivity contribution in [3.8, 4) is 17.6 Å². The van der Waals surface area contributed by atoms with Crippen LogP contribution in [0.15, 0.2) is 42.5 Å². The lowest BCUT2D eigenvalue weighted by Gasteiger charge is -2.11. The van der Waals surface area contributed by atoms with Crippen molar-refractivity contribution in [2.45, 2.75) is 39.7 Å². The number of carboxylic acid groups (broad SMARTS) is 1. The summed E-state index contributed by atoms with van der Waals surface area (Å²) in [5.41, 5.74) is 3.95. The first-order chi connectivity index (χ1) is 11.6. The van der Waals surface area contributed by atoms with Crippen LogP contribution in [0.3, 0.4) is 0 Å². The minimum Gasteiger partial charge on any atom is -0.487 e. The molecule has 124 valence electrons. The largest absolute Gasteiger partial charge is 0.487 e. The van der Waals surface area contributed by atoms with Gasteiger partial charge in [0.2, 0.25) is 0 Å². The van der Waals surface area contributed by atoms with Crippen LogP contribution in [0.2, 0.25) is 0 Å². The molecule has 1 N–H and O–H groups in total. The minimum atomic E-state index is -1.15. The summed E-state index contributed by atoms with van der Waals surface area (Å²) in [6.45, 7) is 4.55. The molecule has 3 heteroatoms. The number of rotatable bonds is 6. The normalized spacial score (nSPS) is 9.92. The third kappa shape index (κ3) is 5.17. The third-order valence-corrected chi connectivity index (χ3v) is 3.74. The Morgan fingerprint density at radius 1 is 1.12 bits per heavy atom. The molecule has 0 aliphatic heterocycles. The van der Waals surface area contributed by atoms with Crippen LogP contribution in [0.4, 0.5) is 0 Å². The Hall–Kier alpha value is -2.73. The van der Waals surface area contributed by atoms with Gasteiger partial charge in [0.1, 0.15) is 12.4 Å². The van der Waals surface area contributed by atoms with E-state index in [1.54, 1.807) is 6.07 Å². The Morgan fingerprint density at radius 2 is 1.83 bits per heavy atom. The van der Waals surface area contributed by atoms with Gasteiger partial charge in [0.15, 0.2) is 0 Å². The second-order valence-electron chi connectivity index (χ2n) is 5.72. The molecule has 0 spiro atoms. The lowest BCUT2D eigenvalue weighted by Crippen LogP contribution is -2.00. The van der Waals surface area contributed by atoms with Crippen LogP contribution in [-0.4, -0.2) is 11.1 Å². The molecule has 0 saturated carbocycles. The van der Waals surface area contributed by atoms with Crippen molar-refractivity contribution in [1.29, 1.82) is 0 Å². The number of hydrogen-bond acceptors (Lipinski definition) is 2. The van der Waals surface area contributed by atoms with E-state index in [2.05, 4.69) is 43.0 Å². The van der Waals surface area contributed by atoms with E-state index in [0.717, 1.165) is 17.5 Å². The molecule has 0 bridgehead atoms. The number of hydrogen-bond donors (Lipinski definition) is 1. The molecule has 0 atom stereocenters. The zero-order valence-electron chi connectivity index (χ0n) is 14.1. The number of unbranched alkanes of at least 4 members (excludes halogenated alkanes) is 1. The van der Waals surface area contributed by atoms with Crippen LogP contribution in [-0.2, 0) is 17.8 Å². The summed E-state index contributed by atoms with van der Waals surface area (Å²) in [5.74, 6) is 4.28. The second kappa shape index (κ2) is 8.79. The summed E-state index contributed by atoms with van der Waals surface area (Å²) in [6, 6.07) is 14.0. The number of benzene rings is 2. The van der Waals surface area contributed by atoms with Crippen LogP contribution in [0.25, 0.3) is 0 Å². The molecule has 2 aromatic carbocycles. The monoisotopic (exact) mass is 322 g/mol. The lowest BCUT2D eigenvalue weighted by molar-refractivity contribution is -0.130. The van der Waals surface area contributed by atoms with Crippen LogP contribution in [0.5, 0.6) is 5.75 Å². The molecule has 0 saturated heterocycles. The highest BCUT2D eigenvalue weighted by Crippen LogP contribution is 2.24. The first-order valence-corrected chi connectivity index (χ1v) is 8.15. The number of ether oxygens (including phenoxy) is 1. The molecule has 24 heavy (non-hydrogen) atoms. The average molecular weight is 322 g/mol. The minimum absolute atomic E-state index is 0.431. The van der Waals surface area contributed by atoms with E-state index in [4.69, 9.17) is 9.84 Å². The Bertz CT molecular complexity index is 749. The smallest absolute Gasteiger partial charge is 0.382 e. The van der Waals surface area contributed by atoms with Crippen LogP contribution >= 0.6 is 0 Å². The Kier molecular flexibility index (Phi) is 6.45. The maximum absolute atomic E-state index is 10.6. The summed E-state index contributed by atoms with van der Waals surface area (Å²) >= 11 is 0. The highest BCUT2D eigenvalue weighted by Gasteiger charge is 2.06. The number of carbonyl (C=O) groups is 1. The quantitative estimate of drug-likeness (QED) is 0.804. The van der Waals surface area contributed by atoms with Crippen molar-refractivity contribution in [2.75, 3.05) is 0 Å². The molecule has 0 aliphatic carbocycles. The average Bonchev–Trinajstić information content (AvgIpc) is 2.58. The van der Waals surface area contributed by atoms with Gasteiger partial charge in [0, 0.05) is 5.92 Å². The molecule has 0 heterocycles. The Labute approximate surface area is 143 Å². The van der Waals surface area contributed by atoms with Crippen molar-refractivity contribution >= 4 is 5.97 Å². The first kappa shape index (κ1) is 17.6. The van der Waals surface area contributed by atoms with Crippen molar-refractivity contribution in [2.24, 2.45) is 0 Å². The molecule has 2 aromatic rings. The SMILES string of the molecule is CCCCc1ccc(COc2c(C)cccc2C#CC(=O)O)cc1. The van der Waals surface area contributed by atoms with Crippen molar-refractivity contribution < 1.29 is 14.6 Å². The molecular formula is C21H22O3. The van der Waals surface area contributed by atoms with Gasteiger partial charge in [-0.05, 0) is 42.5 Å². The van der Waals surface area contributed by atoms with Crippen molar-refractivity contribution in [3.05, 3.63) is 64.7 Å². The van der Waals surface area contributed by atoms with Gasteiger partial charge in [-0.3, -0.25) is 0 Å². The van der Waals surface area contributed by atoms with Gasteiger partial charge >= 0.3 is 5.97 Å². The zero-order chi connectivity index (χ0) is 17.4. The summed E-state index contributed by atoms with van der Waals surface area (Å²) in [6.07, 6.45) is 3.49. The predicted octanol–water partition coefficient (Wildman–Crippen LogP) is 4.35.